The molecule has 0 saturated carbocycles. The lowest BCUT2D eigenvalue weighted by molar-refractivity contribution is 0.559. The summed E-state index contributed by atoms with van der Waals surface area (Å²) < 4.78 is 0. The maximum Gasteiger partial charge on any atom is 0.0699 e. The van der Waals surface area contributed by atoms with Gasteiger partial charge in [-0.2, -0.15) is 0 Å². The van der Waals surface area contributed by atoms with Gasteiger partial charge in [0.1, 0.15) is 0 Å². The highest BCUT2D eigenvalue weighted by Gasteiger charge is 2.34. The lowest BCUT2D eigenvalue weighted by Crippen LogP contribution is -2.40. The van der Waals surface area contributed by atoms with Crippen LogP contribution in [0.4, 0.5) is 28.4 Å². The van der Waals surface area contributed by atoms with Crippen LogP contribution >= 0.6 is 0 Å². The summed E-state index contributed by atoms with van der Waals surface area (Å²) in [5.74, 6) is 0. The molecule has 2 nitrogen and oxygen atoms in total. The zero-order valence-electron chi connectivity index (χ0n) is 14.4. The van der Waals surface area contributed by atoms with E-state index >= 15 is 0 Å². The smallest absolute Gasteiger partial charge is 0.0699 e. The van der Waals surface area contributed by atoms with Gasteiger partial charge < -0.3 is 9.80 Å². The van der Waals surface area contributed by atoms with Gasteiger partial charge in [-0.25, -0.2) is 0 Å². The van der Waals surface area contributed by atoms with Gasteiger partial charge in [0.05, 0.1) is 22.7 Å². The molecule has 0 aromatic heterocycles. The number of rotatable bonds is 1. The molecule has 0 N–H and O–H groups in total. The Labute approximate surface area is 144 Å². The van der Waals surface area contributed by atoms with Gasteiger partial charge in [-0.1, -0.05) is 42.5 Å². The van der Waals surface area contributed by atoms with E-state index in [2.05, 4.69) is 109 Å². The third-order valence-electron chi connectivity index (χ3n) is 4.41. The van der Waals surface area contributed by atoms with Crippen LogP contribution in [0.2, 0.25) is 0 Å². The first-order valence-electron chi connectivity index (χ1n) is 8.41. The minimum absolute atomic E-state index is 0.00498. The van der Waals surface area contributed by atoms with Crippen molar-refractivity contribution < 1.29 is 0 Å². The molecule has 0 radical (unpaired) electrons. The number of hydrogen-bond acceptors (Lipinski definition) is 2. The van der Waals surface area contributed by atoms with E-state index in [-0.39, 0.29) is 5.54 Å². The summed E-state index contributed by atoms with van der Waals surface area (Å²) in [5, 5.41) is 0. The average molecular weight is 314 g/mol. The molecule has 2 heteroatoms. The number of benzene rings is 3. The zero-order valence-corrected chi connectivity index (χ0v) is 14.4. The molecule has 4 rings (SSSR count). The predicted molar refractivity (Wildman–Crippen MR) is 103 cm³/mol. The van der Waals surface area contributed by atoms with Gasteiger partial charge in [0, 0.05) is 11.2 Å². The molecule has 120 valence electrons. The zero-order chi connectivity index (χ0) is 16.7. The molecule has 0 fully saturated rings. The monoisotopic (exact) mass is 314 g/mol. The highest BCUT2D eigenvalue weighted by molar-refractivity contribution is 5.98. The van der Waals surface area contributed by atoms with E-state index in [1.54, 1.807) is 0 Å². The van der Waals surface area contributed by atoms with Gasteiger partial charge in [-0.3, -0.25) is 0 Å². The van der Waals surface area contributed by atoms with Crippen molar-refractivity contribution in [3.05, 3.63) is 78.9 Å². The Morgan fingerprint density at radius 1 is 0.542 bits per heavy atom. The van der Waals surface area contributed by atoms with E-state index in [1.807, 2.05) is 0 Å². The van der Waals surface area contributed by atoms with E-state index in [0.717, 1.165) is 0 Å². The van der Waals surface area contributed by atoms with Crippen molar-refractivity contribution >= 4 is 28.4 Å². The van der Waals surface area contributed by atoms with Crippen LogP contribution in [0.3, 0.4) is 0 Å². The summed E-state index contributed by atoms with van der Waals surface area (Å²) >= 11 is 0. The van der Waals surface area contributed by atoms with Crippen LogP contribution in [0.15, 0.2) is 78.9 Å². The Bertz CT molecular complexity index is 815. The Morgan fingerprint density at radius 2 is 0.958 bits per heavy atom. The number of para-hydroxylation sites is 5. The van der Waals surface area contributed by atoms with Gasteiger partial charge in [0.2, 0.25) is 0 Å². The van der Waals surface area contributed by atoms with E-state index in [4.69, 9.17) is 0 Å². The number of nitrogens with zero attached hydrogens (tertiary/aromatic N) is 2. The van der Waals surface area contributed by atoms with E-state index < -0.39 is 0 Å². The maximum absolute atomic E-state index is 2.44. The highest BCUT2D eigenvalue weighted by Crippen LogP contribution is 2.53. The quantitative estimate of drug-likeness (QED) is 0.512. The molecule has 3 aromatic rings. The van der Waals surface area contributed by atoms with Gasteiger partial charge >= 0.3 is 0 Å². The van der Waals surface area contributed by atoms with E-state index in [1.165, 1.54) is 28.4 Å². The number of anilines is 5. The SMILES string of the molecule is CC(C)(C)N1c2ccccc2N(c2ccccc2)c2ccccc21. The summed E-state index contributed by atoms with van der Waals surface area (Å²) in [6.07, 6.45) is 0. The fourth-order valence-corrected chi connectivity index (χ4v) is 3.52. The second-order valence-corrected chi connectivity index (χ2v) is 7.15. The minimum Gasteiger partial charge on any atom is -0.333 e. The molecule has 1 aliphatic heterocycles. The summed E-state index contributed by atoms with van der Waals surface area (Å²) in [6, 6.07) is 27.9. The molecule has 3 aromatic carbocycles. The van der Waals surface area contributed by atoms with E-state index in [9.17, 15) is 0 Å². The molecule has 0 atom stereocenters. The number of fused-ring (bicyclic) bond motifs is 2. The summed E-state index contributed by atoms with van der Waals surface area (Å²) in [4.78, 5) is 4.80. The van der Waals surface area contributed by atoms with Crippen molar-refractivity contribution in [3.63, 3.8) is 0 Å². The first-order chi connectivity index (χ1) is 11.6. The summed E-state index contributed by atoms with van der Waals surface area (Å²) in [5.41, 5.74) is 6.11. The predicted octanol–water partition coefficient (Wildman–Crippen LogP) is 6.41. The van der Waals surface area contributed by atoms with Crippen LogP contribution in [0.25, 0.3) is 0 Å². The first-order valence-corrected chi connectivity index (χ1v) is 8.41. The Balaban J connectivity index is 2.03. The van der Waals surface area contributed by atoms with Crippen molar-refractivity contribution in [2.24, 2.45) is 0 Å². The third-order valence-corrected chi connectivity index (χ3v) is 4.41. The molecule has 0 unspecified atom stereocenters. The van der Waals surface area contributed by atoms with Crippen molar-refractivity contribution in [1.82, 2.24) is 0 Å². The van der Waals surface area contributed by atoms with Gasteiger partial charge in [-0.15, -0.1) is 0 Å². The standard InChI is InChI=1S/C22H22N2/c1-22(2,3)24-20-15-9-7-13-18(20)23(17-11-5-4-6-12-17)19-14-8-10-16-21(19)24/h4-16H,1-3H3. The summed E-state index contributed by atoms with van der Waals surface area (Å²) in [6.45, 7) is 6.79. The third kappa shape index (κ3) is 2.26. The van der Waals surface area contributed by atoms with Gasteiger partial charge in [-0.05, 0) is 57.2 Å². The maximum atomic E-state index is 2.44. The van der Waals surface area contributed by atoms with Crippen LogP contribution in [0, 0.1) is 0 Å². The molecule has 0 amide bonds. The van der Waals surface area contributed by atoms with Crippen LogP contribution < -0.4 is 9.80 Å². The molecule has 0 spiro atoms. The second kappa shape index (κ2) is 5.41. The van der Waals surface area contributed by atoms with E-state index in [0.29, 0.717) is 0 Å². The van der Waals surface area contributed by atoms with Gasteiger partial charge in [0.25, 0.3) is 0 Å². The van der Waals surface area contributed by atoms with Crippen molar-refractivity contribution in [1.29, 1.82) is 0 Å². The van der Waals surface area contributed by atoms with Crippen molar-refractivity contribution in [3.8, 4) is 0 Å². The fourth-order valence-electron chi connectivity index (χ4n) is 3.52. The Morgan fingerprint density at radius 3 is 1.42 bits per heavy atom. The fraction of sp³-hybridized carbons (Fsp3) is 0.182. The number of hydrogen-bond donors (Lipinski definition) is 0. The molecule has 0 saturated heterocycles. The van der Waals surface area contributed by atoms with Gasteiger partial charge in [0.15, 0.2) is 0 Å². The molecule has 0 aliphatic carbocycles. The average Bonchev–Trinajstić information content (AvgIpc) is 2.59. The minimum atomic E-state index is -0.00498. The lowest BCUT2D eigenvalue weighted by Gasteiger charge is -2.46. The molecule has 0 bridgehead atoms. The largest absolute Gasteiger partial charge is 0.333 e. The van der Waals surface area contributed by atoms with Crippen LogP contribution in [-0.4, -0.2) is 5.54 Å². The van der Waals surface area contributed by atoms with Crippen LogP contribution in [0.1, 0.15) is 20.8 Å². The Kier molecular flexibility index (Phi) is 3.34. The highest BCUT2D eigenvalue weighted by atomic mass is 15.3. The summed E-state index contributed by atoms with van der Waals surface area (Å²) in [7, 11) is 0. The molecular weight excluding hydrogens is 292 g/mol. The molecule has 1 heterocycles. The lowest BCUT2D eigenvalue weighted by atomic mass is 9.98. The molecule has 24 heavy (non-hydrogen) atoms. The molecular formula is C22H22N2. The topological polar surface area (TPSA) is 6.48 Å². The van der Waals surface area contributed by atoms with Crippen molar-refractivity contribution in [2.45, 2.75) is 26.3 Å². The second-order valence-electron chi connectivity index (χ2n) is 7.15. The van der Waals surface area contributed by atoms with Crippen LogP contribution in [0.5, 0.6) is 0 Å². The normalized spacial score (nSPS) is 13.5. The first kappa shape index (κ1) is 14.8. The Hall–Kier alpha value is -2.74. The van der Waals surface area contributed by atoms with Crippen LogP contribution in [-0.2, 0) is 0 Å². The molecule has 1 aliphatic rings. The van der Waals surface area contributed by atoms with Crippen molar-refractivity contribution in [2.75, 3.05) is 9.80 Å².